The van der Waals surface area contributed by atoms with Crippen molar-refractivity contribution in [3.63, 3.8) is 0 Å². The van der Waals surface area contributed by atoms with E-state index in [0.717, 1.165) is 5.39 Å². The van der Waals surface area contributed by atoms with E-state index < -0.39 is 19.8 Å². The molecule has 2 N–H and O–H groups in total. The molecule has 0 heterocycles. The fraction of sp³-hybridized carbons (Fsp3) is 0.389. The number of esters is 1. The molecule has 2 aromatic carbocycles. The van der Waals surface area contributed by atoms with Crippen LogP contribution in [0.15, 0.2) is 42.5 Å². The Bertz CT molecular complexity index is 794. The summed E-state index contributed by atoms with van der Waals surface area (Å²) in [6.07, 6.45) is 0. The monoisotopic (exact) mass is 365 g/mol. The van der Waals surface area contributed by atoms with Crippen LogP contribution in [0.4, 0.5) is 0 Å². The summed E-state index contributed by atoms with van der Waals surface area (Å²) < 4.78 is 22.8. The van der Waals surface area contributed by atoms with E-state index in [-0.39, 0.29) is 17.8 Å². The van der Waals surface area contributed by atoms with Gasteiger partial charge in [0.2, 0.25) is 0 Å². The van der Waals surface area contributed by atoms with Gasteiger partial charge in [-0.2, -0.15) is 5.09 Å². The Morgan fingerprint density at radius 2 is 1.84 bits per heavy atom. The van der Waals surface area contributed by atoms with E-state index in [0.29, 0.717) is 5.39 Å². The first-order chi connectivity index (χ1) is 11.6. The Kier molecular flexibility index (Phi) is 5.88. The summed E-state index contributed by atoms with van der Waals surface area (Å²) in [5, 5.41) is 3.92. The Morgan fingerprint density at radius 1 is 1.20 bits per heavy atom. The molecule has 0 radical (unpaired) electrons. The smallest absolute Gasteiger partial charge is 0.456 e. The van der Waals surface area contributed by atoms with Crippen molar-refractivity contribution in [3.05, 3.63) is 42.5 Å². The molecule has 2 aromatic rings. The number of carbonyl (C=O) groups excluding carboxylic acids is 1. The van der Waals surface area contributed by atoms with E-state index in [4.69, 9.17) is 9.26 Å². The van der Waals surface area contributed by atoms with E-state index in [9.17, 15) is 14.3 Å². The lowest BCUT2D eigenvalue weighted by Crippen LogP contribution is -2.35. The number of ether oxygens (including phenoxy) is 1. The third kappa shape index (κ3) is 5.85. The maximum Gasteiger partial charge on any atom is 0.456 e. The van der Waals surface area contributed by atoms with E-state index in [1.807, 2.05) is 45.0 Å². The molecule has 136 valence electrons. The topological polar surface area (TPSA) is 84.9 Å². The normalized spacial score (nSPS) is 15.4. The second-order valence-corrected chi connectivity index (χ2v) is 8.59. The minimum absolute atomic E-state index is 0.183. The number of hydrogen-bond donors (Lipinski definition) is 2. The molecule has 2 atom stereocenters. The molecule has 2 rings (SSSR count). The molecule has 0 aliphatic heterocycles. The van der Waals surface area contributed by atoms with Gasteiger partial charge < -0.3 is 14.2 Å². The number of fused-ring (bicyclic) bond motifs is 1. The van der Waals surface area contributed by atoms with Crippen LogP contribution in [-0.2, 0) is 14.1 Å². The first-order valence-electron chi connectivity index (χ1n) is 8.02. The van der Waals surface area contributed by atoms with Crippen molar-refractivity contribution in [1.29, 1.82) is 0 Å². The molecule has 0 aliphatic rings. The highest BCUT2D eigenvalue weighted by molar-refractivity contribution is 7.51. The predicted molar refractivity (Wildman–Crippen MR) is 97.4 cm³/mol. The van der Waals surface area contributed by atoms with E-state index in [2.05, 4.69) is 5.09 Å². The second kappa shape index (κ2) is 7.56. The maximum atomic E-state index is 12.4. The molecule has 0 spiro atoms. The number of nitrogens with one attached hydrogen (secondary N) is 1. The second-order valence-electron chi connectivity index (χ2n) is 7.11. The molecular weight excluding hydrogens is 341 g/mol. The number of benzene rings is 2. The quantitative estimate of drug-likeness (QED) is 0.597. The van der Waals surface area contributed by atoms with E-state index in [1.54, 1.807) is 18.2 Å². The molecule has 7 heteroatoms. The molecule has 6 nitrogen and oxygen atoms in total. The predicted octanol–water partition coefficient (Wildman–Crippen LogP) is 3.89. The van der Waals surface area contributed by atoms with Crippen molar-refractivity contribution < 1.29 is 23.5 Å². The van der Waals surface area contributed by atoms with Crippen LogP contribution in [0.1, 0.15) is 27.7 Å². The van der Waals surface area contributed by atoms with Gasteiger partial charge in [-0.15, -0.1) is 0 Å². The molecule has 0 aliphatic carbocycles. The zero-order valence-corrected chi connectivity index (χ0v) is 15.7. The van der Waals surface area contributed by atoms with Crippen molar-refractivity contribution in [2.45, 2.75) is 33.7 Å². The van der Waals surface area contributed by atoms with Gasteiger partial charge in [-0.3, -0.25) is 4.79 Å². The van der Waals surface area contributed by atoms with Gasteiger partial charge in [0.05, 0.1) is 6.61 Å². The molecule has 1 unspecified atom stereocenters. The van der Waals surface area contributed by atoms with Gasteiger partial charge in [-0.1, -0.05) is 57.2 Å². The number of carbonyl (C=O) groups is 1. The summed E-state index contributed by atoms with van der Waals surface area (Å²) in [7, 11) is -4.24. The van der Waals surface area contributed by atoms with Gasteiger partial charge in [0.1, 0.15) is 11.8 Å². The van der Waals surface area contributed by atoms with E-state index in [1.165, 1.54) is 6.92 Å². The third-order valence-electron chi connectivity index (χ3n) is 3.33. The summed E-state index contributed by atoms with van der Waals surface area (Å²) in [5.74, 6) is -0.336. The largest absolute Gasteiger partial charge is 0.464 e. The Morgan fingerprint density at radius 3 is 2.52 bits per heavy atom. The van der Waals surface area contributed by atoms with Gasteiger partial charge in [0.25, 0.3) is 0 Å². The van der Waals surface area contributed by atoms with Crippen LogP contribution in [0.5, 0.6) is 5.75 Å². The van der Waals surface area contributed by atoms with Gasteiger partial charge in [-0.25, -0.2) is 4.57 Å². The van der Waals surface area contributed by atoms with Gasteiger partial charge in [0, 0.05) is 5.39 Å². The van der Waals surface area contributed by atoms with Gasteiger partial charge >= 0.3 is 13.7 Å². The molecule has 0 saturated heterocycles. The lowest BCUT2D eigenvalue weighted by atomic mass is 9.99. The summed E-state index contributed by atoms with van der Waals surface area (Å²) in [4.78, 5) is 22.0. The number of rotatable bonds is 6. The number of hydrogen-bond acceptors (Lipinski definition) is 4. The van der Waals surface area contributed by atoms with Crippen molar-refractivity contribution in [3.8, 4) is 5.75 Å². The molecule has 0 fully saturated rings. The fourth-order valence-electron chi connectivity index (χ4n) is 2.15. The molecule has 0 saturated carbocycles. The molecule has 0 amide bonds. The Labute approximate surface area is 147 Å². The fourth-order valence-corrected chi connectivity index (χ4v) is 3.22. The van der Waals surface area contributed by atoms with Gasteiger partial charge in [-0.05, 0) is 23.8 Å². The highest BCUT2D eigenvalue weighted by Gasteiger charge is 2.29. The van der Waals surface area contributed by atoms with Crippen LogP contribution in [-0.4, -0.2) is 23.5 Å². The third-order valence-corrected chi connectivity index (χ3v) is 4.49. The lowest BCUT2D eigenvalue weighted by molar-refractivity contribution is -0.148. The highest BCUT2D eigenvalue weighted by atomic mass is 31.2. The Hall–Kier alpha value is -1.88. The van der Waals surface area contributed by atoms with Crippen LogP contribution in [0.3, 0.4) is 0 Å². The molecule has 25 heavy (non-hydrogen) atoms. The average Bonchev–Trinajstić information content (AvgIpc) is 2.51. The molecular formula is C18H24NO5P. The minimum Gasteiger partial charge on any atom is -0.464 e. The summed E-state index contributed by atoms with van der Waals surface area (Å²) in [6.45, 7) is 7.47. The zero-order chi connectivity index (χ0) is 18.7. The molecule has 0 aromatic heterocycles. The Balaban J connectivity index is 2.06. The van der Waals surface area contributed by atoms with Crippen LogP contribution in [0, 0.1) is 5.41 Å². The van der Waals surface area contributed by atoms with Gasteiger partial charge in [0.15, 0.2) is 0 Å². The highest BCUT2D eigenvalue weighted by Crippen LogP contribution is 2.41. The average molecular weight is 365 g/mol. The van der Waals surface area contributed by atoms with Crippen molar-refractivity contribution in [2.75, 3.05) is 6.61 Å². The first-order valence-corrected chi connectivity index (χ1v) is 9.60. The van der Waals surface area contributed by atoms with Crippen LogP contribution >= 0.6 is 7.75 Å². The molecule has 0 bridgehead atoms. The summed E-state index contributed by atoms with van der Waals surface area (Å²) >= 11 is 0. The van der Waals surface area contributed by atoms with Crippen molar-refractivity contribution in [2.24, 2.45) is 5.41 Å². The summed E-state index contributed by atoms with van der Waals surface area (Å²) in [5.41, 5.74) is -0.183. The zero-order valence-electron chi connectivity index (χ0n) is 14.9. The maximum absolute atomic E-state index is 12.4. The minimum atomic E-state index is -4.24. The lowest BCUT2D eigenvalue weighted by Gasteiger charge is -2.22. The van der Waals surface area contributed by atoms with Crippen molar-refractivity contribution in [1.82, 2.24) is 5.09 Å². The van der Waals surface area contributed by atoms with Crippen LogP contribution < -0.4 is 9.61 Å². The van der Waals surface area contributed by atoms with Crippen LogP contribution in [0.2, 0.25) is 0 Å². The summed E-state index contributed by atoms with van der Waals surface area (Å²) in [6, 6.07) is 11.6. The SMILES string of the molecule is C[C@@H](NP(=O)(O)Oc1cccc2ccccc12)C(=O)OCC(C)(C)C. The first kappa shape index (κ1) is 19.4. The standard InChI is InChI=1S/C18H24NO5P/c1-13(17(20)23-12-18(2,3)4)19-25(21,22)24-16-11-7-9-14-8-5-6-10-15(14)16/h5-11,13H,12H2,1-4H3,(H2,19,21,22)/t13-/m1/s1. The van der Waals surface area contributed by atoms with E-state index >= 15 is 0 Å². The van der Waals surface area contributed by atoms with Crippen LogP contribution in [0.25, 0.3) is 10.8 Å². The van der Waals surface area contributed by atoms with Crippen molar-refractivity contribution >= 4 is 24.5 Å².